The van der Waals surface area contributed by atoms with Gasteiger partial charge in [-0.05, 0) is 23.3 Å². The minimum atomic E-state index is 0.647. The van der Waals surface area contributed by atoms with Crippen molar-refractivity contribution < 1.29 is 0 Å². The summed E-state index contributed by atoms with van der Waals surface area (Å²) in [7, 11) is 1.76. The fourth-order valence-corrected chi connectivity index (χ4v) is 2.41. The Bertz CT molecular complexity index is 760. The van der Waals surface area contributed by atoms with E-state index in [9.17, 15) is 0 Å². The number of aromatic amines is 1. The monoisotopic (exact) mass is 323 g/mol. The van der Waals surface area contributed by atoms with Crippen LogP contribution < -0.4 is 10.6 Å². The van der Waals surface area contributed by atoms with Gasteiger partial charge in [-0.1, -0.05) is 24.3 Å². The Balaban J connectivity index is 1.59. The van der Waals surface area contributed by atoms with E-state index >= 15 is 0 Å². The van der Waals surface area contributed by atoms with Gasteiger partial charge in [0.15, 0.2) is 5.96 Å². The Morgan fingerprint density at radius 3 is 2.62 bits per heavy atom. The number of guanidine groups is 1. The molecule has 124 valence electrons. The molecule has 0 fully saturated rings. The third-order valence-electron chi connectivity index (χ3n) is 3.68. The molecule has 0 aliphatic heterocycles. The zero-order valence-corrected chi connectivity index (χ0v) is 13.6. The molecule has 0 saturated carbocycles. The van der Waals surface area contributed by atoms with Crippen molar-refractivity contribution in [1.29, 1.82) is 0 Å². The minimum absolute atomic E-state index is 0.647. The van der Waals surface area contributed by atoms with Gasteiger partial charge in [0.25, 0.3) is 0 Å². The Kier molecular flexibility index (Phi) is 5.24. The maximum atomic E-state index is 4.27. The molecule has 0 unspecified atom stereocenters. The van der Waals surface area contributed by atoms with E-state index in [0.29, 0.717) is 13.1 Å². The number of aliphatic imine (C=N–C) groups is 1. The second-order valence-corrected chi connectivity index (χ2v) is 5.33. The summed E-state index contributed by atoms with van der Waals surface area (Å²) in [5, 5.41) is 17.7. The number of H-pyrrole nitrogens is 1. The summed E-state index contributed by atoms with van der Waals surface area (Å²) in [5.74, 6) is 0.749. The van der Waals surface area contributed by atoms with E-state index in [-0.39, 0.29) is 0 Å². The summed E-state index contributed by atoms with van der Waals surface area (Å²) < 4.78 is 1.92. The normalized spacial score (nSPS) is 11.5. The molecule has 7 heteroatoms. The first-order chi connectivity index (χ1) is 11.8. The van der Waals surface area contributed by atoms with E-state index in [1.165, 1.54) is 11.1 Å². The molecule has 7 nitrogen and oxygen atoms in total. The van der Waals surface area contributed by atoms with Crippen LogP contribution in [0.2, 0.25) is 0 Å². The van der Waals surface area contributed by atoms with Crippen molar-refractivity contribution in [2.24, 2.45) is 4.99 Å². The van der Waals surface area contributed by atoms with E-state index in [4.69, 9.17) is 0 Å². The molecule has 3 N–H and O–H groups in total. The number of aromatic nitrogens is 4. The molecule has 0 atom stereocenters. The predicted molar refractivity (Wildman–Crippen MR) is 93.4 cm³/mol. The lowest BCUT2D eigenvalue weighted by Gasteiger charge is -2.14. The summed E-state index contributed by atoms with van der Waals surface area (Å²) in [4.78, 5) is 4.25. The van der Waals surface area contributed by atoms with E-state index in [1.54, 1.807) is 19.4 Å². The zero-order valence-electron chi connectivity index (χ0n) is 13.6. The van der Waals surface area contributed by atoms with Crippen LogP contribution in [0.5, 0.6) is 0 Å². The molecule has 0 aliphatic rings. The molecule has 2 aromatic heterocycles. The topological polar surface area (TPSA) is 82.9 Å². The van der Waals surface area contributed by atoms with Gasteiger partial charge in [0.05, 0.1) is 18.8 Å². The van der Waals surface area contributed by atoms with Crippen molar-refractivity contribution in [3.63, 3.8) is 0 Å². The van der Waals surface area contributed by atoms with E-state index in [2.05, 4.69) is 43.1 Å². The van der Waals surface area contributed by atoms with Gasteiger partial charge in [0.2, 0.25) is 0 Å². The number of nitrogens with zero attached hydrogens (tertiary/aromatic N) is 4. The Labute approximate surface area is 140 Å². The van der Waals surface area contributed by atoms with Gasteiger partial charge in [0.1, 0.15) is 0 Å². The highest BCUT2D eigenvalue weighted by Crippen LogP contribution is 2.10. The molecule has 0 spiro atoms. The van der Waals surface area contributed by atoms with Crippen molar-refractivity contribution in [2.75, 3.05) is 7.05 Å². The second-order valence-electron chi connectivity index (χ2n) is 5.33. The molecule has 0 saturated heterocycles. The maximum absolute atomic E-state index is 4.27. The fourth-order valence-electron chi connectivity index (χ4n) is 2.41. The SMILES string of the molecule is CN=C(NCc1ccn[nH]1)NCc1ccccc1Cn1cccn1. The highest BCUT2D eigenvalue weighted by molar-refractivity contribution is 5.79. The van der Waals surface area contributed by atoms with E-state index in [1.807, 2.05) is 35.1 Å². The van der Waals surface area contributed by atoms with Crippen LogP contribution in [-0.2, 0) is 19.6 Å². The van der Waals surface area contributed by atoms with Crippen molar-refractivity contribution in [3.8, 4) is 0 Å². The van der Waals surface area contributed by atoms with Crippen LogP contribution in [0.15, 0.2) is 60.0 Å². The van der Waals surface area contributed by atoms with Crippen molar-refractivity contribution in [2.45, 2.75) is 19.6 Å². The fraction of sp³-hybridized carbons (Fsp3) is 0.235. The largest absolute Gasteiger partial charge is 0.352 e. The molecule has 0 radical (unpaired) electrons. The van der Waals surface area contributed by atoms with Gasteiger partial charge in [0, 0.05) is 32.2 Å². The third-order valence-corrected chi connectivity index (χ3v) is 3.68. The number of benzene rings is 1. The second kappa shape index (κ2) is 7.96. The van der Waals surface area contributed by atoms with Crippen LogP contribution in [0.3, 0.4) is 0 Å². The van der Waals surface area contributed by atoms with Gasteiger partial charge < -0.3 is 10.6 Å². The molecule has 1 aromatic carbocycles. The van der Waals surface area contributed by atoms with Gasteiger partial charge in [-0.25, -0.2) is 0 Å². The van der Waals surface area contributed by atoms with Gasteiger partial charge in [-0.3, -0.25) is 14.8 Å². The molecule has 3 rings (SSSR count). The lowest BCUT2D eigenvalue weighted by molar-refractivity contribution is 0.677. The molecule has 3 aromatic rings. The van der Waals surface area contributed by atoms with Crippen molar-refractivity contribution in [3.05, 3.63) is 71.8 Å². The van der Waals surface area contributed by atoms with Crippen LogP contribution in [0.25, 0.3) is 0 Å². The highest BCUT2D eigenvalue weighted by atomic mass is 15.3. The van der Waals surface area contributed by atoms with Crippen molar-refractivity contribution in [1.82, 2.24) is 30.6 Å². The number of hydrogen-bond donors (Lipinski definition) is 3. The van der Waals surface area contributed by atoms with Crippen LogP contribution in [0.4, 0.5) is 0 Å². The average molecular weight is 323 g/mol. The number of nitrogens with one attached hydrogen (secondary N) is 3. The molecule has 0 aliphatic carbocycles. The van der Waals surface area contributed by atoms with Gasteiger partial charge in [-0.15, -0.1) is 0 Å². The summed E-state index contributed by atoms with van der Waals surface area (Å²) >= 11 is 0. The van der Waals surface area contributed by atoms with E-state index in [0.717, 1.165) is 18.2 Å². The quantitative estimate of drug-likeness (QED) is 0.474. The Hall–Kier alpha value is -3.09. The lowest BCUT2D eigenvalue weighted by atomic mass is 10.1. The molecule has 2 heterocycles. The standard InChI is InChI=1S/C17H21N7/c1-18-17(20-12-16-7-9-21-23-16)19-11-14-5-2-3-6-15(14)13-24-10-4-8-22-24/h2-10H,11-13H2,1H3,(H,21,23)(H2,18,19,20). The zero-order chi connectivity index (χ0) is 16.6. The Morgan fingerprint density at radius 1 is 1.08 bits per heavy atom. The summed E-state index contributed by atoms with van der Waals surface area (Å²) in [6, 6.07) is 12.2. The summed E-state index contributed by atoms with van der Waals surface area (Å²) in [6.07, 6.45) is 5.50. The number of hydrogen-bond acceptors (Lipinski definition) is 3. The van der Waals surface area contributed by atoms with Gasteiger partial charge in [-0.2, -0.15) is 10.2 Å². The van der Waals surface area contributed by atoms with Gasteiger partial charge >= 0.3 is 0 Å². The molecule has 0 amide bonds. The van der Waals surface area contributed by atoms with Crippen LogP contribution in [0, 0.1) is 0 Å². The highest BCUT2D eigenvalue weighted by Gasteiger charge is 2.05. The first-order valence-electron chi connectivity index (χ1n) is 7.82. The van der Waals surface area contributed by atoms with Crippen LogP contribution in [0.1, 0.15) is 16.8 Å². The summed E-state index contributed by atoms with van der Waals surface area (Å²) in [5.41, 5.74) is 3.47. The molecular weight excluding hydrogens is 302 g/mol. The smallest absolute Gasteiger partial charge is 0.191 e. The first-order valence-corrected chi connectivity index (χ1v) is 7.82. The average Bonchev–Trinajstić information content (AvgIpc) is 3.30. The first kappa shape index (κ1) is 15.8. The van der Waals surface area contributed by atoms with Crippen LogP contribution in [-0.4, -0.2) is 33.0 Å². The Morgan fingerprint density at radius 2 is 1.92 bits per heavy atom. The predicted octanol–water partition coefficient (Wildman–Crippen LogP) is 1.52. The van der Waals surface area contributed by atoms with Crippen LogP contribution >= 0.6 is 0 Å². The van der Waals surface area contributed by atoms with E-state index < -0.39 is 0 Å². The maximum Gasteiger partial charge on any atom is 0.191 e. The minimum Gasteiger partial charge on any atom is -0.352 e. The third kappa shape index (κ3) is 4.22. The lowest BCUT2D eigenvalue weighted by Crippen LogP contribution is -2.36. The number of rotatable bonds is 6. The summed E-state index contributed by atoms with van der Waals surface area (Å²) in [6.45, 7) is 2.10. The van der Waals surface area contributed by atoms with Crippen molar-refractivity contribution >= 4 is 5.96 Å². The molecule has 0 bridgehead atoms. The molecular formula is C17H21N7. The molecule has 24 heavy (non-hydrogen) atoms.